The number of alkyl halides is 1. The summed E-state index contributed by atoms with van der Waals surface area (Å²) in [5.41, 5.74) is 0. The van der Waals surface area contributed by atoms with Crippen molar-refractivity contribution in [1.82, 2.24) is 0 Å². The summed E-state index contributed by atoms with van der Waals surface area (Å²) >= 11 is 5.45. The van der Waals surface area contributed by atoms with E-state index in [0.29, 0.717) is 5.88 Å². The first kappa shape index (κ1) is 9.99. The van der Waals surface area contributed by atoms with Gasteiger partial charge >= 0.3 is 0 Å². The molecule has 0 saturated carbocycles. The van der Waals surface area contributed by atoms with E-state index in [2.05, 4.69) is 6.92 Å². The van der Waals surface area contributed by atoms with Crippen molar-refractivity contribution in [3.05, 3.63) is 12.2 Å². The molecule has 0 aromatic rings. The van der Waals surface area contributed by atoms with Crippen molar-refractivity contribution in [3.63, 3.8) is 0 Å². The lowest BCUT2D eigenvalue weighted by atomic mass is 10.4. The lowest BCUT2D eigenvalue weighted by Crippen LogP contribution is -1.91. The van der Waals surface area contributed by atoms with Gasteiger partial charge < -0.3 is 4.74 Å². The molecule has 0 aliphatic rings. The van der Waals surface area contributed by atoms with E-state index in [1.54, 1.807) is 0 Å². The zero-order valence-corrected chi connectivity index (χ0v) is 7.23. The second-order valence-electron chi connectivity index (χ2n) is 2.02. The van der Waals surface area contributed by atoms with Crippen LogP contribution in [0, 0.1) is 0 Å². The Balaban J connectivity index is 2.88. The van der Waals surface area contributed by atoms with Crippen molar-refractivity contribution in [2.24, 2.45) is 0 Å². The lowest BCUT2D eigenvalue weighted by Gasteiger charge is -1.94. The highest BCUT2D eigenvalue weighted by Crippen LogP contribution is 1.87. The molecule has 0 aromatic heterocycles. The normalized spacial score (nSPS) is 11.0. The second-order valence-corrected chi connectivity index (χ2v) is 2.40. The van der Waals surface area contributed by atoms with Gasteiger partial charge in [-0.3, -0.25) is 0 Å². The molecule has 0 rings (SSSR count). The van der Waals surface area contributed by atoms with Gasteiger partial charge in [-0.15, -0.1) is 11.6 Å². The smallest absolute Gasteiger partial charge is 0.0647 e. The highest BCUT2D eigenvalue weighted by atomic mass is 35.5. The van der Waals surface area contributed by atoms with Crippen LogP contribution in [0.3, 0.4) is 0 Å². The Morgan fingerprint density at radius 1 is 1.40 bits per heavy atom. The molecule has 0 heterocycles. The third-order valence-electron chi connectivity index (χ3n) is 1.00. The summed E-state index contributed by atoms with van der Waals surface area (Å²) in [6.07, 6.45) is 6.08. The molecule has 60 valence electrons. The Morgan fingerprint density at radius 3 is 2.80 bits per heavy atom. The Bertz CT molecular complexity index is 81.3. The molecular weight excluding hydrogens is 148 g/mol. The zero-order chi connectivity index (χ0) is 7.66. The van der Waals surface area contributed by atoms with E-state index in [9.17, 15) is 0 Å². The maximum absolute atomic E-state index is 5.45. The fourth-order valence-corrected chi connectivity index (χ4v) is 0.671. The summed E-state index contributed by atoms with van der Waals surface area (Å²) < 4.78 is 5.20. The van der Waals surface area contributed by atoms with E-state index in [0.717, 1.165) is 26.1 Å². The van der Waals surface area contributed by atoms with Crippen LogP contribution in [-0.4, -0.2) is 19.1 Å². The Kier molecular flexibility index (Phi) is 8.98. The Labute approximate surface area is 68.0 Å². The standard InChI is InChI=1S/C8H15ClO/c1-2-7-10-8-5-3-4-6-9/h3,5H,2,4,6-8H2,1H3. The van der Waals surface area contributed by atoms with Gasteiger partial charge in [-0.25, -0.2) is 0 Å². The molecule has 0 bridgehead atoms. The SMILES string of the molecule is CCCOCC=CCCCl. The molecule has 0 aromatic carbocycles. The van der Waals surface area contributed by atoms with E-state index in [-0.39, 0.29) is 0 Å². The van der Waals surface area contributed by atoms with Crippen molar-refractivity contribution in [2.45, 2.75) is 19.8 Å². The van der Waals surface area contributed by atoms with Crippen LogP contribution in [0.5, 0.6) is 0 Å². The van der Waals surface area contributed by atoms with Crippen LogP contribution in [0.1, 0.15) is 19.8 Å². The van der Waals surface area contributed by atoms with Gasteiger partial charge in [0, 0.05) is 12.5 Å². The van der Waals surface area contributed by atoms with Crippen molar-refractivity contribution in [2.75, 3.05) is 19.1 Å². The molecule has 0 fully saturated rings. The highest BCUT2D eigenvalue weighted by Gasteiger charge is 1.78. The van der Waals surface area contributed by atoms with Gasteiger partial charge in [-0.2, -0.15) is 0 Å². The van der Waals surface area contributed by atoms with E-state index < -0.39 is 0 Å². The Morgan fingerprint density at radius 2 is 2.20 bits per heavy atom. The van der Waals surface area contributed by atoms with Crippen LogP contribution in [0.25, 0.3) is 0 Å². The van der Waals surface area contributed by atoms with E-state index >= 15 is 0 Å². The van der Waals surface area contributed by atoms with Gasteiger partial charge in [0.05, 0.1) is 6.61 Å². The van der Waals surface area contributed by atoms with Crippen LogP contribution in [0.2, 0.25) is 0 Å². The monoisotopic (exact) mass is 162 g/mol. The molecule has 0 amide bonds. The molecule has 0 unspecified atom stereocenters. The van der Waals surface area contributed by atoms with Crippen LogP contribution < -0.4 is 0 Å². The molecule has 0 spiro atoms. The molecule has 0 N–H and O–H groups in total. The topological polar surface area (TPSA) is 9.23 Å². The largest absolute Gasteiger partial charge is 0.377 e. The predicted octanol–water partition coefficient (Wildman–Crippen LogP) is 2.60. The average molecular weight is 163 g/mol. The summed E-state index contributed by atoms with van der Waals surface area (Å²) in [7, 11) is 0. The minimum absolute atomic E-state index is 0.699. The maximum Gasteiger partial charge on any atom is 0.0647 e. The third-order valence-corrected chi connectivity index (χ3v) is 1.22. The van der Waals surface area contributed by atoms with Gasteiger partial charge in [0.2, 0.25) is 0 Å². The van der Waals surface area contributed by atoms with Gasteiger partial charge in [0.15, 0.2) is 0 Å². The molecule has 10 heavy (non-hydrogen) atoms. The summed E-state index contributed by atoms with van der Waals surface area (Å²) in [6, 6.07) is 0. The van der Waals surface area contributed by atoms with Crippen LogP contribution >= 0.6 is 11.6 Å². The first-order valence-electron chi connectivity index (χ1n) is 3.70. The summed E-state index contributed by atoms with van der Waals surface area (Å²) in [6.45, 7) is 3.68. The predicted molar refractivity (Wildman–Crippen MR) is 45.6 cm³/mol. The fraction of sp³-hybridized carbons (Fsp3) is 0.750. The Hall–Kier alpha value is -0.0100. The third kappa shape index (κ3) is 7.99. The van der Waals surface area contributed by atoms with E-state index in [4.69, 9.17) is 16.3 Å². The number of rotatable bonds is 6. The van der Waals surface area contributed by atoms with Crippen molar-refractivity contribution in [1.29, 1.82) is 0 Å². The molecule has 2 heteroatoms. The van der Waals surface area contributed by atoms with E-state index in [1.165, 1.54) is 0 Å². The summed E-state index contributed by atoms with van der Waals surface area (Å²) in [5, 5.41) is 0. The van der Waals surface area contributed by atoms with Crippen LogP contribution in [-0.2, 0) is 4.74 Å². The minimum atomic E-state index is 0.699. The molecule has 0 saturated heterocycles. The summed E-state index contributed by atoms with van der Waals surface area (Å²) in [5.74, 6) is 0.699. The molecule has 1 nitrogen and oxygen atoms in total. The second kappa shape index (κ2) is 8.99. The van der Waals surface area contributed by atoms with Gasteiger partial charge in [0.1, 0.15) is 0 Å². The first-order valence-corrected chi connectivity index (χ1v) is 4.24. The number of hydrogen-bond acceptors (Lipinski definition) is 1. The zero-order valence-electron chi connectivity index (χ0n) is 6.48. The van der Waals surface area contributed by atoms with Crippen molar-refractivity contribution >= 4 is 11.6 Å². The van der Waals surface area contributed by atoms with E-state index in [1.807, 2.05) is 12.2 Å². The summed E-state index contributed by atoms with van der Waals surface area (Å²) in [4.78, 5) is 0. The van der Waals surface area contributed by atoms with Crippen LogP contribution in [0.4, 0.5) is 0 Å². The average Bonchev–Trinajstić information content (AvgIpc) is 1.97. The number of allylic oxidation sites excluding steroid dienone is 1. The quantitative estimate of drug-likeness (QED) is 0.332. The molecule has 0 aliphatic heterocycles. The number of ether oxygens (including phenoxy) is 1. The molecular formula is C8H15ClO. The minimum Gasteiger partial charge on any atom is -0.377 e. The maximum atomic E-state index is 5.45. The lowest BCUT2D eigenvalue weighted by molar-refractivity contribution is 0.163. The first-order chi connectivity index (χ1) is 4.91. The van der Waals surface area contributed by atoms with Gasteiger partial charge in [0.25, 0.3) is 0 Å². The van der Waals surface area contributed by atoms with Crippen molar-refractivity contribution < 1.29 is 4.74 Å². The van der Waals surface area contributed by atoms with Gasteiger partial charge in [-0.05, 0) is 12.8 Å². The van der Waals surface area contributed by atoms with Crippen LogP contribution in [0.15, 0.2) is 12.2 Å². The number of hydrogen-bond donors (Lipinski definition) is 0. The van der Waals surface area contributed by atoms with Gasteiger partial charge in [-0.1, -0.05) is 19.1 Å². The molecule has 0 radical (unpaired) electrons. The number of halogens is 1. The highest BCUT2D eigenvalue weighted by molar-refractivity contribution is 6.17. The molecule has 0 aliphatic carbocycles. The van der Waals surface area contributed by atoms with Crippen molar-refractivity contribution in [3.8, 4) is 0 Å². The molecule has 0 atom stereocenters. The fourth-order valence-electron chi connectivity index (χ4n) is 0.545.